The third kappa shape index (κ3) is 4.84. The van der Waals surface area contributed by atoms with Gasteiger partial charge in [-0.25, -0.2) is 0 Å². The van der Waals surface area contributed by atoms with Gasteiger partial charge in [-0.05, 0) is 31.9 Å². The fourth-order valence-corrected chi connectivity index (χ4v) is 1.75. The van der Waals surface area contributed by atoms with E-state index in [-0.39, 0.29) is 22.2 Å². The number of carbonyl (C=O) groups is 1. The second-order valence-electron chi connectivity index (χ2n) is 4.17. The van der Waals surface area contributed by atoms with Crippen LogP contribution in [-0.2, 0) is 0 Å². The first-order valence-electron chi connectivity index (χ1n) is 5.82. The number of nitrogens with zero attached hydrogens (tertiary/aromatic N) is 1. The maximum absolute atomic E-state index is 11.7. The molecule has 1 atom stereocenters. The van der Waals surface area contributed by atoms with Crippen molar-refractivity contribution >= 4 is 23.2 Å². The van der Waals surface area contributed by atoms with Crippen LogP contribution in [0.3, 0.4) is 0 Å². The highest BCUT2D eigenvalue weighted by atomic mass is 35.5. The second kappa shape index (κ2) is 7.06. The molecule has 0 heterocycles. The number of aliphatic hydroxyl groups is 1. The minimum absolute atomic E-state index is 0.0679. The van der Waals surface area contributed by atoms with Gasteiger partial charge < -0.3 is 10.4 Å². The van der Waals surface area contributed by atoms with Crippen LogP contribution in [0.1, 0.15) is 30.1 Å². The van der Waals surface area contributed by atoms with Gasteiger partial charge in [0.1, 0.15) is 5.02 Å². The molecule has 104 valence electrons. The molecule has 1 aromatic carbocycles. The maximum atomic E-state index is 11.7. The van der Waals surface area contributed by atoms with Crippen molar-refractivity contribution in [2.75, 3.05) is 6.54 Å². The van der Waals surface area contributed by atoms with Crippen molar-refractivity contribution in [2.24, 2.45) is 0 Å². The topological polar surface area (TPSA) is 92.5 Å². The maximum Gasteiger partial charge on any atom is 0.287 e. The Hall–Kier alpha value is -1.66. The van der Waals surface area contributed by atoms with Gasteiger partial charge in [0.15, 0.2) is 0 Å². The molecule has 0 aliphatic carbocycles. The van der Waals surface area contributed by atoms with Crippen LogP contribution >= 0.6 is 11.6 Å². The van der Waals surface area contributed by atoms with Crippen LogP contribution in [0, 0.1) is 10.1 Å². The molecule has 6 nitrogen and oxygen atoms in total. The lowest BCUT2D eigenvalue weighted by Crippen LogP contribution is -2.25. The zero-order valence-corrected chi connectivity index (χ0v) is 11.2. The summed E-state index contributed by atoms with van der Waals surface area (Å²) in [5.41, 5.74) is 0.0416. The van der Waals surface area contributed by atoms with Gasteiger partial charge in [0.25, 0.3) is 11.6 Å². The van der Waals surface area contributed by atoms with Gasteiger partial charge in [-0.2, -0.15) is 0 Å². The number of halogens is 1. The highest BCUT2D eigenvalue weighted by Crippen LogP contribution is 2.24. The van der Waals surface area contributed by atoms with Gasteiger partial charge in [-0.15, -0.1) is 0 Å². The third-order valence-corrected chi connectivity index (χ3v) is 2.79. The number of amides is 1. The summed E-state index contributed by atoms with van der Waals surface area (Å²) in [5, 5.41) is 22.2. The average Bonchev–Trinajstić information content (AvgIpc) is 2.33. The Balaban J connectivity index is 2.58. The summed E-state index contributed by atoms with van der Waals surface area (Å²) < 4.78 is 0. The number of nitro groups is 1. The molecule has 1 unspecified atom stereocenters. The van der Waals surface area contributed by atoms with Crippen LogP contribution in [0.5, 0.6) is 0 Å². The number of nitro benzene ring substituents is 1. The van der Waals surface area contributed by atoms with Crippen molar-refractivity contribution in [2.45, 2.75) is 25.9 Å². The average molecular weight is 287 g/mol. The van der Waals surface area contributed by atoms with Crippen LogP contribution in [0.4, 0.5) is 5.69 Å². The van der Waals surface area contributed by atoms with E-state index in [0.717, 1.165) is 0 Å². The smallest absolute Gasteiger partial charge is 0.287 e. The van der Waals surface area contributed by atoms with Crippen molar-refractivity contribution in [1.29, 1.82) is 0 Å². The van der Waals surface area contributed by atoms with Gasteiger partial charge in [-0.3, -0.25) is 14.9 Å². The third-order valence-electron chi connectivity index (χ3n) is 2.49. The molecular formula is C12H15ClN2O4. The first kappa shape index (κ1) is 15.4. The second-order valence-corrected chi connectivity index (χ2v) is 4.58. The van der Waals surface area contributed by atoms with Gasteiger partial charge in [-0.1, -0.05) is 11.6 Å². The lowest BCUT2D eigenvalue weighted by Gasteiger charge is -2.07. The highest BCUT2D eigenvalue weighted by molar-refractivity contribution is 6.33. The Morgan fingerprint density at radius 1 is 1.58 bits per heavy atom. The zero-order chi connectivity index (χ0) is 14.4. The first-order chi connectivity index (χ1) is 8.91. The molecule has 0 fully saturated rings. The van der Waals surface area contributed by atoms with Crippen LogP contribution in [-0.4, -0.2) is 28.6 Å². The number of rotatable bonds is 6. The molecule has 0 radical (unpaired) electrons. The van der Waals surface area contributed by atoms with Crippen molar-refractivity contribution in [3.05, 3.63) is 38.9 Å². The summed E-state index contributed by atoms with van der Waals surface area (Å²) in [5.74, 6) is -0.345. The van der Waals surface area contributed by atoms with E-state index in [1.807, 2.05) is 0 Å². The summed E-state index contributed by atoms with van der Waals surface area (Å²) in [6.45, 7) is 2.11. The Bertz CT molecular complexity index is 477. The predicted molar refractivity (Wildman–Crippen MR) is 71.4 cm³/mol. The van der Waals surface area contributed by atoms with E-state index in [4.69, 9.17) is 16.7 Å². The normalized spacial score (nSPS) is 11.9. The highest BCUT2D eigenvalue weighted by Gasteiger charge is 2.14. The zero-order valence-electron chi connectivity index (χ0n) is 10.4. The molecule has 2 N–H and O–H groups in total. The Labute approximate surface area is 115 Å². The van der Waals surface area contributed by atoms with Crippen LogP contribution in [0.25, 0.3) is 0 Å². The summed E-state index contributed by atoms with van der Waals surface area (Å²) in [6.07, 6.45) is 0.858. The SMILES string of the molecule is CC(O)CCCNC(=O)c1ccc([N+](=O)[O-])c(Cl)c1. The molecule has 19 heavy (non-hydrogen) atoms. The van der Waals surface area contributed by atoms with Crippen molar-refractivity contribution in [3.8, 4) is 0 Å². The lowest BCUT2D eigenvalue weighted by atomic mass is 10.2. The number of hydrogen-bond acceptors (Lipinski definition) is 4. The Morgan fingerprint density at radius 2 is 2.26 bits per heavy atom. The molecule has 1 amide bonds. The Morgan fingerprint density at radius 3 is 2.79 bits per heavy atom. The van der Waals surface area contributed by atoms with Crippen LogP contribution < -0.4 is 5.32 Å². The number of carbonyl (C=O) groups excluding carboxylic acids is 1. The minimum Gasteiger partial charge on any atom is -0.393 e. The summed E-state index contributed by atoms with van der Waals surface area (Å²) >= 11 is 5.72. The quantitative estimate of drug-likeness (QED) is 0.476. The molecule has 0 aliphatic rings. The van der Waals surface area contributed by atoms with Gasteiger partial charge in [0, 0.05) is 18.2 Å². The molecule has 1 aromatic rings. The van der Waals surface area contributed by atoms with Crippen molar-refractivity contribution < 1.29 is 14.8 Å². The molecule has 0 bridgehead atoms. The number of benzene rings is 1. The fraction of sp³-hybridized carbons (Fsp3) is 0.417. The predicted octanol–water partition coefficient (Wildman–Crippen LogP) is 2.14. The molecule has 1 rings (SSSR count). The van der Waals surface area contributed by atoms with Crippen LogP contribution in [0.2, 0.25) is 5.02 Å². The standard InChI is InChI=1S/C12H15ClN2O4/c1-8(16)3-2-6-14-12(17)9-4-5-11(15(18)19)10(13)7-9/h4-5,7-8,16H,2-3,6H2,1H3,(H,14,17). The first-order valence-corrected chi connectivity index (χ1v) is 6.20. The molecule has 0 saturated carbocycles. The molecule has 0 aromatic heterocycles. The van der Waals surface area contributed by atoms with Gasteiger partial charge in [0.05, 0.1) is 11.0 Å². The molecule has 0 saturated heterocycles. The lowest BCUT2D eigenvalue weighted by molar-refractivity contribution is -0.384. The van der Waals surface area contributed by atoms with E-state index < -0.39 is 11.0 Å². The van der Waals surface area contributed by atoms with E-state index in [1.165, 1.54) is 18.2 Å². The summed E-state index contributed by atoms with van der Waals surface area (Å²) in [4.78, 5) is 21.7. The molecule has 7 heteroatoms. The number of hydrogen-bond donors (Lipinski definition) is 2. The van der Waals surface area contributed by atoms with Crippen molar-refractivity contribution in [3.63, 3.8) is 0 Å². The number of aliphatic hydroxyl groups excluding tert-OH is 1. The minimum atomic E-state index is -0.605. The van der Waals surface area contributed by atoms with Gasteiger partial charge >= 0.3 is 0 Å². The Kier molecular flexibility index (Phi) is 5.72. The largest absolute Gasteiger partial charge is 0.393 e. The van der Waals surface area contributed by atoms with Crippen LogP contribution in [0.15, 0.2) is 18.2 Å². The monoisotopic (exact) mass is 286 g/mol. The molecule has 0 spiro atoms. The fourth-order valence-electron chi connectivity index (χ4n) is 1.50. The molecule has 0 aliphatic heterocycles. The summed E-state index contributed by atoms with van der Waals surface area (Å²) in [6, 6.07) is 3.82. The summed E-state index contributed by atoms with van der Waals surface area (Å²) in [7, 11) is 0. The van der Waals surface area contributed by atoms with E-state index in [9.17, 15) is 14.9 Å². The molecular weight excluding hydrogens is 272 g/mol. The van der Waals surface area contributed by atoms with E-state index in [2.05, 4.69) is 5.32 Å². The van der Waals surface area contributed by atoms with Crippen molar-refractivity contribution in [1.82, 2.24) is 5.32 Å². The van der Waals surface area contributed by atoms with E-state index in [0.29, 0.717) is 19.4 Å². The van der Waals surface area contributed by atoms with Gasteiger partial charge in [0.2, 0.25) is 0 Å². The van der Waals surface area contributed by atoms with E-state index in [1.54, 1.807) is 6.92 Å². The van der Waals surface area contributed by atoms with E-state index >= 15 is 0 Å². The number of nitrogens with one attached hydrogen (secondary N) is 1.